The molecule has 1 fully saturated rings. The number of carbonyl (C=O) groups excluding carboxylic acids is 2. The van der Waals surface area contributed by atoms with Gasteiger partial charge in [-0.25, -0.2) is 4.39 Å². The van der Waals surface area contributed by atoms with Crippen LogP contribution in [0.15, 0.2) is 22.7 Å². The van der Waals surface area contributed by atoms with Gasteiger partial charge >= 0.3 is 0 Å². The number of amides is 2. The van der Waals surface area contributed by atoms with Crippen molar-refractivity contribution >= 4 is 27.7 Å². The third-order valence-corrected chi connectivity index (χ3v) is 4.27. The van der Waals surface area contributed by atoms with Gasteiger partial charge in [-0.15, -0.1) is 0 Å². The molecular formula is C15H18BrFN2O2. The standard InChI is InChI=1S/C15H18BrFN2O2/c1-3-4-13-15(21)19(9(2)14(20)18-13)8-10-5-6-12(17)11(16)7-10/h5-7,9,13H,3-4,8H2,1-2H3,(H,18,20). The summed E-state index contributed by atoms with van der Waals surface area (Å²) in [7, 11) is 0. The summed E-state index contributed by atoms with van der Waals surface area (Å²) < 4.78 is 13.6. The van der Waals surface area contributed by atoms with E-state index in [0.29, 0.717) is 17.4 Å². The van der Waals surface area contributed by atoms with Gasteiger partial charge in [-0.2, -0.15) is 0 Å². The van der Waals surface area contributed by atoms with Crippen molar-refractivity contribution in [1.82, 2.24) is 10.2 Å². The van der Waals surface area contributed by atoms with Crippen LogP contribution >= 0.6 is 15.9 Å². The van der Waals surface area contributed by atoms with E-state index in [-0.39, 0.29) is 17.6 Å². The second-order valence-corrected chi connectivity index (χ2v) is 6.09. The minimum atomic E-state index is -0.519. The molecule has 1 aliphatic rings. The molecule has 114 valence electrons. The zero-order chi connectivity index (χ0) is 15.6. The molecule has 0 saturated carbocycles. The molecule has 6 heteroatoms. The zero-order valence-electron chi connectivity index (χ0n) is 12.0. The Morgan fingerprint density at radius 1 is 1.38 bits per heavy atom. The van der Waals surface area contributed by atoms with Crippen LogP contribution in [-0.2, 0) is 16.1 Å². The summed E-state index contributed by atoms with van der Waals surface area (Å²) in [5.41, 5.74) is 0.786. The third kappa shape index (κ3) is 3.43. The van der Waals surface area contributed by atoms with E-state index in [2.05, 4.69) is 21.2 Å². The number of nitrogens with zero attached hydrogens (tertiary/aromatic N) is 1. The lowest BCUT2D eigenvalue weighted by molar-refractivity contribution is -0.149. The maximum Gasteiger partial charge on any atom is 0.246 e. The average Bonchev–Trinajstić information content (AvgIpc) is 2.45. The summed E-state index contributed by atoms with van der Waals surface area (Å²) in [6.45, 7) is 3.97. The number of rotatable bonds is 4. The molecule has 1 saturated heterocycles. The Bertz CT molecular complexity index is 565. The monoisotopic (exact) mass is 356 g/mol. The number of hydrogen-bond acceptors (Lipinski definition) is 2. The molecular weight excluding hydrogens is 339 g/mol. The Kier molecular flexibility index (Phi) is 4.98. The first-order valence-electron chi connectivity index (χ1n) is 6.98. The highest BCUT2D eigenvalue weighted by Gasteiger charge is 2.37. The predicted octanol–water partition coefficient (Wildman–Crippen LogP) is 2.60. The summed E-state index contributed by atoms with van der Waals surface area (Å²) in [4.78, 5) is 26.0. The second-order valence-electron chi connectivity index (χ2n) is 5.24. The smallest absolute Gasteiger partial charge is 0.246 e. The van der Waals surface area contributed by atoms with Crippen LogP contribution < -0.4 is 5.32 Å². The lowest BCUT2D eigenvalue weighted by Crippen LogP contribution is -2.61. The number of piperazine rings is 1. The van der Waals surface area contributed by atoms with Gasteiger partial charge < -0.3 is 10.2 Å². The second kappa shape index (κ2) is 6.56. The molecule has 2 unspecified atom stereocenters. The lowest BCUT2D eigenvalue weighted by Gasteiger charge is -2.37. The van der Waals surface area contributed by atoms with E-state index in [0.717, 1.165) is 12.0 Å². The van der Waals surface area contributed by atoms with E-state index in [1.54, 1.807) is 24.0 Å². The molecule has 0 aromatic heterocycles. The van der Waals surface area contributed by atoms with Crippen LogP contribution in [0, 0.1) is 5.82 Å². The molecule has 0 radical (unpaired) electrons. The molecule has 1 heterocycles. The molecule has 0 bridgehead atoms. The van der Waals surface area contributed by atoms with Crippen LogP contribution in [0.2, 0.25) is 0 Å². The first kappa shape index (κ1) is 15.9. The van der Waals surface area contributed by atoms with Gasteiger partial charge in [-0.1, -0.05) is 19.4 Å². The first-order valence-corrected chi connectivity index (χ1v) is 7.78. The highest BCUT2D eigenvalue weighted by molar-refractivity contribution is 9.10. The van der Waals surface area contributed by atoms with Crippen molar-refractivity contribution in [2.45, 2.75) is 45.3 Å². The predicted molar refractivity (Wildman–Crippen MR) is 81.0 cm³/mol. The van der Waals surface area contributed by atoms with Crippen LogP contribution in [0.1, 0.15) is 32.3 Å². The minimum absolute atomic E-state index is 0.0793. The molecule has 1 aliphatic heterocycles. The topological polar surface area (TPSA) is 49.4 Å². The fourth-order valence-corrected chi connectivity index (χ4v) is 2.85. The van der Waals surface area contributed by atoms with Gasteiger partial charge in [0, 0.05) is 6.54 Å². The highest BCUT2D eigenvalue weighted by atomic mass is 79.9. The Balaban J connectivity index is 2.20. The highest BCUT2D eigenvalue weighted by Crippen LogP contribution is 2.21. The third-order valence-electron chi connectivity index (χ3n) is 3.66. The van der Waals surface area contributed by atoms with Gasteiger partial charge in [-0.05, 0) is 47.0 Å². The van der Waals surface area contributed by atoms with E-state index in [4.69, 9.17) is 0 Å². The van der Waals surface area contributed by atoms with Gasteiger partial charge in [0.1, 0.15) is 17.9 Å². The van der Waals surface area contributed by atoms with Crippen LogP contribution in [0.3, 0.4) is 0 Å². The molecule has 0 spiro atoms. The molecule has 0 aliphatic carbocycles. The largest absolute Gasteiger partial charge is 0.343 e. The summed E-state index contributed by atoms with van der Waals surface area (Å²) in [6, 6.07) is 3.64. The quantitative estimate of drug-likeness (QED) is 0.901. The van der Waals surface area contributed by atoms with Crippen molar-refractivity contribution in [3.8, 4) is 0 Å². The molecule has 2 atom stereocenters. The fourth-order valence-electron chi connectivity index (χ4n) is 2.42. The van der Waals surface area contributed by atoms with Crippen molar-refractivity contribution in [1.29, 1.82) is 0 Å². The summed E-state index contributed by atoms with van der Waals surface area (Å²) >= 11 is 3.13. The number of benzene rings is 1. The van der Waals surface area contributed by atoms with E-state index >= 15 is 0 Å². The number of nitrogens with one attached hydrogen (secondary N) is 1. The van der Waals surface area contributed by atoms with Gasteiger partial charge in [0.25, 0.3) is 0 Å². The number of carbonyl (C=O) groups is 2. The van der Waals surface area contributed by atoms with Crippen molar-refractivity contribution in [2.24, 2.45) is 0 Å². The van der Waals surface area contributed by atoms with Crippen LogP contribution in [0.4, 0.5) is 4.39 Å². The SMILES string of the molecule is CCCC1NC(=O)C(C)N(Cc2ccc(F)c(Br)c2)C1=O. The summed E-state index contributed by atoms with van der Waals surface area (Å²) in [6.07, 6.45) is 1.45. The first-order chi connectivity index (χ1) is 9.93. The van der Waals surface area contributed by atoms with Gasteiger partial charge in [0.15, 0.2) is 0 Å². The van der Waals surface area contributed by atoms with Crippen LogP contribution in [-0.4, -0.2) is 28.8 Å². The minimum Gasteiger partial charge on any atom is -0.343 e. The van der Waals surface area contributed by atoms with Crippen molar-refractivity contribution in [3.05, 3.63) is 34.1 Å². The van der Waals surface area contributed by atoms with Gasteiger partial charge in [0.05, 0.1) is 4.47 Å². The zero-order valence-corrected chi connectivity index (χ0v) is 13.6. The van der Waals surface area contributed by atoms with E-state index in [1.165, 1.54) is 6.07 Å². The van der Waals surface area contributed by atoms with Crippen molar-refractivity contribution in [3.63, 3.8) is 0 Å². The van der Waals surface area contributed by atoms with Crippen LogP contribution in [0.5, 0.6) is 0 Å². The Hall–Kier alpha value is -1.43. The molecule has 1 aromatic carbocycles. The summed E-state index contributed by atoms with van der Waals surface area (Å²) in [5.74, 6) is -0.572. The molecule has 2 rings (SSSR count). The number of hydrogen-bond donors (Lipinski definition) is 1. The fraction of sp³-hybridized carbons (Fsp3) is 0.467. The van der Waals surface area contributed by atoms with E-state index in [9.17, 15) is 14.0 Å². The normalized spacial score (nSPS) is 22.4. The molecule has 21 heavy (non-hydrogen) atoms. The van der Waals surface area contributed by atoms with Gasteiger partial charge in [0.2, 0.25) is 11.8 Å². The maximum absolute atomic E-state index is 13.3. The van der Waals surface area contributed by atoms with E-state index in [1.807, 2.05) is 6.92 Å². The van der Waals surface area contributed by atoms with Crippen molar-refractivity contribution < 1.29 is 14.0 Å². The summed E-state index contributed by atoms with van der Waals surface area (Å²) in [5, 5.41) is 2.75. The molecule has 1 N–H and O–H groups in total. The van der Waals surface area contributed by atoms with Crippen LogP contribution in [0.25, 0.3) is 0 Å². The average molecular weight is 357 g/mol. The van der Waals surface area contributed by atoms with Gasteiger partial charge in [-0.3, -0.25) is 9.59 Å². The van der Waals surface area contributed by atoms with Crippen molar-refractivity contribution in [2.75, 3.05) is 0 Å². The lowest BCUT2D eigenvalue weighted by atomic mass is 10.0. The molecule has 1 aromatic rings. The molecule has 4 nitrogen and oxygen atoms in total. The molecule has 2 amide bonds. The number of halogens is 2. The Morgan fingerprint density at radius 3 is 2.71 bits per heavy atom. The Morgan fingerprint density at radius 2 is 2.10 bits per heavy atom. The van der Waals surface area contributed by atoms with E-state index < -0.39 is 12.1 Å². The Labute approximate surface area is 131 Å². The maximum atomic E-state index is 13.3.